The lowest BCUT2D eigenvalue weighted by atomic mass is 10.3. The fourth-order valence-electron chi connectivity index (χ4n) is 0.899. The zero-order valence-corrected chi connectivity index (χ0v) is 8.39. The Morgan fingerprint density at radius 1 is 1.69 bits per heavy atom. The quantitative estimate of drug-likeness (QED) is 0.691. The molecule has 0 unspecified atom stereocenters. The molecule has 1 aromatic heterocycles. The summed E-state index contributed by atoms with van der Waals surface area (Å²) in [7, 11) is 0. The molecule has 0 atom stereocenters. The Kier molecular flexibility index (Phi) is 3.59. The third-order valence-electron chi connectivity index (χ3n) is 1.47. The van der Waals surface area contributed by atoms with Crippen molar-refractivity contribution >= 4 is 11.8 Å². The number of hydrogen-bond acceptors (Lipinski definition) is 4. The van der Waals surface area contributed by atoms with Crippen molar-refractivity contribution in [3.05, 3.63) is 17.8 Å². The van der Waals surface area contributed by atoms with E-state index in [1.165, 1.54) is 18.0 Å². The van der Waals surface area contributed by atoms with E-state index in [1.807, 2.05) is 13.2 Å². The van der Waals surface area contributed by atoms with Gasteiger partial charge in [-0.15, -0.1) is 11.8 Å². The predicted molar refractivity (Wildman–Crippen MR) is 51.9 cm³/mol. The van der Waals surface area contributed by atoms with E-state index in [4.69, 9.17) is 10.00 Å². The molecular weight excluding hydrogens is 184 g/mol. The first-order valence-corrected chi connectivity index (χ1v) is 5.11. The van der Waals surface area contributed by atoms with Gasteiger partial charge >= 0.3 is 0 Å². The molecule has 1 aromatic rings. The topological polar surface area (TPSA) is 45.9 Å². The van der Waals surface area contributed by atoms with Gasteiger partial charge in [0.2, 0.25) is 5.88 Å². The maximum Gasteiger partial charge on any atom is 0.214 e. The van der Waals surface area contributed by atoms with Crippen LogP contribution in [0.1, 0.15) is 12.5 Å². The molecule has 0 amide bonds. The molecule has 0 fully saturated rings. The Morgan fingerprint density at radius 3 is 3.00 bits per heavy atom. The lowest BCUT2D eigenvalue weighted by molar-refractivity contribution is 0.326. The standard InChI is InChI=1S/C9H10N2OS/c1-3-12-9-4-8(13-2)7(5-10)6-11-9/h4,6H,3H2,1-2H3. The van der Waals surface area contributed by atoms with Crippen molar-refractivity contribution in [1.82, 2.24) is 4.98 Å². The molecule has 1 heterocycles. The molecule has 4 heteroatoms. The largest absolute Gasteiger partial charge is 0.478 e. The summed E-state index contributed by atoms with van der Waals surface area (Å²) >= 11 is 1.52. The van der Waals surface area contributed by atoms with Gasteiger partial charge in [0.15, 0.2) is 0 Å². The molecule has 0 saturated heterocycles. The van der Waals surface area contributed by atoms with Crippen molar-refractivity contribution in [3.8, 4) is 11.9 Å². The van der Waals surface area contributed by atoms with Crippen LogP contribution in [0.3, 0.4) is 0 Å². The first-order chi connectivity index (χ1) is 6.31. The van der Waals surface area contributed by atoms with E-state index in [1.54, 1.807) is 6.07 Å². The number of thioether (sulfide) groups is 1. The number of hydrogen-bond donors (Lipinski definition) is 0. The van der Waals surface area contributed by atoms with Gasteiger partial charge in [-0.3, -0.25) is 0 Å². The number of pyridine rings is 1. The number of nitrogens with zero attached hydrogens (tertiary/aromatic N) is 2. The van der Waals surface area contributed by atoms with E-state index < -0.39 is 0 Å². The van der Waals surface area contributed by atoms with Crippen molar-refractivity contribution in [3.63, 3.8) is 0 Å². The van der Waals surface area contributed by atoms with Gasteiger partial charge in [0, 0.05) is 17.2 Å². The zero-order valence-electron chi connectivity index (χ0n) is 7.57. The van der Waals surface area contributed by atoms with Crippen LogP contribution < -0.4 is 4.74 Å². The smallest absolute Gasteiger partial charge is 0.214 e. The monoisotopic (exact) mass is 194 g/mol. The van der Waals surface area contributed by atoms with Crippen LogP contribution in [0.5, 0.6) is 5.88 Å². The normalized spacial score (nSPS) is 9.31. The highest BCUT2D eigenvalue weighted by molar-refractivity contribution is 7.98. The second kappa shape index (κ2) is 4.73. The number of aromatic nitrogens is 1. The SMILES string of the molecule is CCOc1cc(SC)c(C#N)cn1. The van der Waals surface area contributed by atoms with Gasteiger partial charge in [-0.1, -0.05) is 0 Å². The fourth-order valence-corrected chi connectivity index (χ4v) is 1.44. The average molecular weight is 194 g/mol. The van der Waals surface area contributed by atoms with Gasteiger partial charge in [-0.2, -0.15) is 5.26 Å². The zero-order chi connectivity index (χ0) is 9.68. The number of rotatable bonds is 3. The van der Waals surface area contributed by atoms with Crippen LogP contribution in [0.15, 0.2) is 17.2 Å². The summed E-state index contributed by atoms with van der Waals surface area (Å²) in [4.78, 5) is 4.89. The first kappa shape index (κ1) is 9.87. The second-order valence-corrected chi connectivity index (χ2v) is 3.12. The Hall–Kier alpha value is -1.21. The summed E-state index contributed by atoms with van der Waals surface area (Å²) in [5, 5.41) is 8.73. The van der Waals surface area contributed by atoms with Crippen LogP contribution >= 0.6 is 11.8 Å². The highest BCUT2D eigenvalue weighted by atomic mass is 32.2. The Labute approximate surface area is 81.7 Å². The third kappa shape index (κ3) is 2.36. The second-order valence-electron chi connectivity index (χ2n) is 2.27. The summed E-state index contributed by atoms with van der Waals surface area (Å²) in [6.07, 6.45) is 3.46. The van der Waals surface area contributed by atoms with E-state index in [0.29, 0.717) is 18.1 Å². The van der Waals surface area contributed by atoms with Crippen molar-refractivity contribution in [2.45, 2.75) is 11.8 Å². The Balaban J connectivity index is 3.00. The van der Waals surface area contributed by atoms with E-state index in [2.05, 4.69) is 11.1 Å². The van der Waals surface area contributed by atoms with Gasteiger partial charge in [0.1, 0.15) is 6.07 Å². The molecule has 0 aromatic carbocycles. The molecule has 0 bridgehead atoms. The van der Waals surface area contributed by atoms with Crippen LogP contribution in [-0.2, 0) is 0 Å². The molecule has 0 aliphatic carbocycles. The Bertz CT molecular complexity index is 333. The summed E-state index contributed by atoms with van der Waals surface area (Å²) in [6, 6.07) is 3.86. The molecule has 1 rings (SSSR count). The molecular formula is C9H10N2OS. The summed E-state index contributed by atoms with van der Waals surface area (Å²) < 4.78 is 5.21. The molecule has 68 valence electrons. The average Bonchev–Trinajstić information content (AvgIpc) is 2.18. The maximum absolute atomic E-state index is 8.73. The van der Waals surface area contributed by atoms with E-state index in [0.717, 1.165) is 4.90 Å². The van der Waals surface area contributed by atoms with Gasteiger partial charge in [-0.05, 0) is 13.2 Å². The van der Waals surface area contributed by atoms with Crippen LogP contribution in [0, 0.1) is 11.3 Å². The van der Waals surface area contributed by atoms with Crippen molar-refractivity contribution in [2.75, 3.05) is 12.9 Å². The third-order valence-corrected chi connectivity index (χ3v) is 2.25. The van der Waals surface area contributed by atoms with Gasteiger partial charge < -0.3 is 4.74 Å². The fraction of sp³-hybridized carbons (Fsp3) is 0.333. The van der Waals surface area contributed by atoms with Crippen LogP contribution in [0.25, 0.3) is 0 Å². The Morgan fingerprint density at radius 2 is 2.46 bits per heavy atom. The van der Waals surface area contributed by atoms with E-state index in [-0.39, 0.29) is 0 Å². The van der Waals surface area contributed by atoms with Crippen molar-refractivity contribution < 1.29 is 4.74 Å². The van der Waals surface area contributed by atoms with E-state index >= 15 is 0 Å². The number of ether oxygens (including phenoxy) is 1. The molecule has 0 N–H and O–H groups in total. The van der Waals surface area contributed by atoms with Crippen LogP contribution in [0.4, 0.5) is 0 Å². The minimum absolute atomic E-state index is 0.575. The van der Waals surface area contributed by atoms with Gasteiger partial charge in [-0.25, -0.2) is 4.98 Å². The summed E-state index contributed by atoms with van der Waals surface area (Å²) in [5.74, 6) is 0.575. The molecule has 0 aliphatic heterocycles. The van der Waals surface area contributed by atoms with Crippen LogP contribution in [-0.4, -0.2) is 17.8 Å². The molecule has 3 nitrogen and oxygen atoms in total. The lowest BCUT2D eigenvalue weighted by Gasteiger charge is -2.04. The number of nitriles is 1. The maximum atomic E-state index is 8.73. The molecule has 0 aliphatic rings. The lowest BCUT2D eigenvalue weighted by Crippen LogP contribution is -1.95. The minimum atomic E-state index is 0.575. The minimum Gasteiger partial charge on any atom is -0.478 e. The van der Waals surface area contributed by atoms with Crippen molar-refractivity contribution in [1.29, 1.82) is 5.26 Å². The highest BCUT2D eigenvalue weighted by Gasteiger charge is 2.03. The summed E-state index contributed by atoms with van der Waals surface area (Å²) in [6.45, 7) is 2.49. The molecule has 13 heavy (non-hydrogen) atoms. The summed E-state index contributed by atoms with van der Waals surface area (Å²) in [5.41, 5.74) is 0.593. The first-order valence-electron chi connectivity index (χ1n) is 3.88. The van der Waals surface area contributed by atoms with Crippen LogP contribution in [0.2, 0.25) is 0 Å². The highest BCUT2D eigenvalue weighted by Crippen LogP contribution is 2.22. The molecule has 0 saturated carbocycles. The van der Waals surface area contributed by atoms with Gasteiger partial charge in [0.25, 0.3) is 0 Å². The van der Waals surface area contributed by atoms with Gasteiger partial charge in [0.05, 0.1) is 12.2 Å². The predicted octanol–water partition coefficient (Wildman–Crippen LogP) is 2.07. The molecule has 0 radical (unpaired) electrons. The molecule has 0 spiro atoms. The van der Waals surface area contributed by atoms with Crippen molar-refractivity contribution in [2.24, 2.45) is 0 Å². The van der Waals surface area contributed by atoms with E-state index in [9.17, 15) is 0 Å².